The van der Waals surface area contributed by atoms with Gasteiger partial charge in [-0.25, -0.2) is 0 Å². The van der Waals surface area contributed by atoms with Crippen molar-refractivity contribution >= 4 is 39.5 Å². The maximum atomic E-state index is 11.1. The van der Waals surface area contributed by atoms with Crippen LogP contribution in [-0.4, -0.2) is 13.1 Å². The molecule has 0 saturated carbocycles. The van der Waals surface area contributed by atoms with E-state index in [1.54, 1.807) is 30.6 Å². The first-order valence-corrected chi connectivity index (χ1v) is 10.1. The second-order valence-corrected chi connectivity index (χ2v) is 7.62. The molecule has 4 rings (SSSR count). The smallest absolute Gasteiger partial charge is 0.308 e. The second kappa shape index (κ2) is 8.33. The molecule has 0 aliphatic rings. The van der Waals surface area contributed by atoms with Crippen LogP contribution in [0.1, 0.15) is 18.1 Å². The monoisotopic (exact) mass is 400 g/mol. The highest BCUT2D eigenvalue weighted by Gasteiger charge is 2.11. The third-order valence-electron chi connectivity index (χ3n) is 4.57. The van der Waals surface area contributed by atoms with Crippen molar-refractivity contribution in [1.29, 1.82) is 0 Å². The molecule has 4 heteroatoms. The van der Waals surface area contributed by atoms with E-state index in [4.69, 9.17) is 9.47 Å². The predicted molar refractivity (Wildman–Crippen MR) is 120 cm³/mol. The highest BCUT2D eigenvalue weighted by molar-refractivity contribution is 7.22. The molecule has 144 valence electrons. The number of carbonyl (C=O) groups is 1. The molecule has 0 N–H and O–H groups in total. The van der Waals surface area contributed by atoms with Gasteiger partial charge < -0.3 is 9.47 Å². The Kier molecular flexibility index (Phi) is 5.45. The zero-order valence-corrected chi connectivity index (χ0v) is 17.0. The number of hydrogen-bond donors (Lipinski definition) is 0. The van der Waals surface area contributed by atoms with Crippen LogP contribution in [0.25, 0.3) is 32.7 Å². The zero-order valence-electron chi connectivity index (χ0n) is 16.2. The molecule has 0 bridgehead atoms. The lowest BCUT2D eigenvalue weighted by molar-refractivity contribution is -0.131. The third-order valence-corrected chi connectivity index (χ3v) is 5.81. The molecule has 0 aliphatic carbocycles. The van der Waals surface area contributed by atoms with Crippen LogP contribution in [0.4, 0.5) is 0 Å². The van der Waals surface area contributed by atoms with E-state index in [1.165, 1.54) is 27.5 Å². The normalized spacial score (nSPS) is 11.1. The van der Waals surface area contributed by atoms with Crippen LogP contribution in [0, 0.1) is 0 Å². The van der Waals surface area contributed by atoms with Gasteiger partial charge >= 0.3 is 5.97 Å². The van der Waals surface area contributed by atoms with Gasteiger partial charge in [-0.15, -0.1) is 11.3 Å². The Balaban J connectivity index is 1.72. The van der Waals surface area contributed by atoms with Crippen molar-refractivity contribution in [3.8, 4) is 21.9 Å². The van der Waals surface area contributed by atoms with Crippen LogP contribution in [0.15, 0.2) is 72.8 Å². The van der Waals surface area contributed by atoms with Crippen molar-refractivity contribution in [2.45, 2.75) is 6.92 Å². The largest absolute Gasteiger partial charge is 0.497 e. The minimum absolute atomic E-state index is 0.317. The molecule has 0 aliphatic heterocycles. The standard InChI is InChI=1S/C25H20O3S/c1-17(26)28-21-12-7-18(8-13-21)9-16-23-22-5-3-4-6-24(22)29-25(23)19-10-14-20(27-2)15-11-19/h3-16H,1-2H3/b16-9+. The molecule has 0 fully saturated rings. The molecular formula is C25H20O3S. The molecule has 0 atom stereocenters. The Labute approximate surface area is 173 Å². The molecule has 3 nitrogen and oxygen atoms in total. The lowest BCUT2D eigenvalue weighted by atomic mass is 10.0. The highest BCUT2D eigenvalue weighted by atomic mass is 32.1. The number of ether oxygens (including phenoxy) is 2. The zero-order chi connectivity index (χ0) is 20.2. The Morgan fingerprint density at radius 3 is 2.24 bits per heavy atom. The van der Waals surface area contributed by atoms with Gasteiger partial charge in [0.15, 0.2) is 0 Å². The number of hydrogen-bond acceptors (Lipinski definition) is 4. The highest BCUT2D eigenvalue weighted by Crippen LogP contribution is 2.40. The van der Waals surface area contributed by atoms with Crippen molar-refractivity contribution < 1.29 is 14.3 Å². The number of thiophene rings is 1. The van der Waals surface area contributed by atoms with Gasteiger partial charge in [0.25, 0.3) is 0 Å². The van der Waals surface area contributed by atoms with Crippen molar-refractivity contribution in [1.82, 2.24) is 0 Å². The summed E-state index contributed by atoms with van der Waals surface area (Å²) in [6.07, 6.45) is 4.23. The maximum absolute atomic E-state index is 11.1. The quantitative estimate of drug-likeness (QED) is 0.277. The van der Waals surface area contributed by atoms with Gasteiger partial charge in [0.1, 0.15) is 11.5 Å². The van der Waals surface area contributed by atoms with Crippen molar-refractivity contribution in [3.05, 3.63) is 83.9 Å². The molecule has 0 radical (unpaired) electrons. The summed E-state index contributed by atoms with van der Waals surface area (Å²) in [5.41, 5.74) is 3.40. The van der Waals surface area contributed by atoms with E-state index in [0.717, 1.165) is 16.9 Å². The molecule has 3 aromatic carbocycles. The molecule has 1 aromatic heterocycles. The van der Waals surface area contributed by atoms with Crippen LogP contribution in [-0.2, 0) is 4.79 Å². The van der Waals surface area contributed by atoms with Gasteiger partial charge in [0, 0.05) is 27.5 Å². The Bertz CT molecular complexity index is 1170. The lowest BCUT2D eigenvalue weighted by Gasteiger charge is -2.04. The van der Waals surface area contributed by atoms with Gasteiger partial charge in [-0.3, -0.25) is 4.79 Å². The van der Waals surface area contributed by atoms with Crippen LogP contribution >= 0.6 is 11.3 Å². The minimum atomic E-state index is -0.317. The van der Waals surface area contributed by atoms with E-state index in [-0.39, 0.29) is 5.97 Å². The fourth-order valence-corrected chi connectivity index (χ4v) is 4.38. The maximum Gasteiger partial charge on any atom is 0.308 e. The molecular weight excluding hydrogens is 380 g/mol. The molecule has 29 heavy (non-hydrogen) atoms. The van der Waals surface area contributed by atoms with Gasteiger partial charge in [0.05, 0.1) is 7.11 Å². The average Bonchev–Trinajstić information content (AvgIpc) is 3.11. The first kappa shape index (κ1) is 19.0. The van der Waals surface area contributed by atoms with E-state index in [2.05, 4.69) is 48.6 Å². The molecule has 0 spiro atoms. The van der Waals surface area contributed by atoms with E-state index in [0.29, 0.717) is 5.75 Å². The number of fused-ring (bicyclic) bond motifs is 1. The van der Waals surface area contributed by atoms with Gasteiger partial charge in [-0.1, -0.05) is 42.5 Å². The van der Waals surface area contributed by atoms with E-state index < -0.39 is 0 Å². The van der Waals surface area contributed by atoms with Crippen LogP contribution in [0.5, 0.6) is 11.5 Å². The summed E-state index contributed by atoms with van der Waals surface area (Å²) >= 11 is 1.79. The van der Waals surface area contributed by atoms with Crippen LogP contribution in [0.3, 0.4) is 0 Å². The summed E-state index contributed by atoms with van der Waals surface area (Å²) in [6.45, 7) is 1.40. The molecule has 0 saturated heterocycles. The fraction of sp³-hybridized carbons (Fsp3) is 0.0800. The summed E-state index contributed by atoms with van der Waals surface area (Å²) in [5, 5.41) is 1.23. The van der Waals surface area contributed by atoms with Crippen LogP contribution in [0.2, 0.25) is 0 Å². The van der Waals surface area contributed by atoms with Gasteiger partial charge in [0.2, 0.25) is 0 Å². The fourth-order valence-electron chi connectivity index (χ4n) is 3.18. The summed E-state index contributed by atoms with van der Waals surface area (Å²) in [4.78, 5) is 12.3. The molecule has 0 unspecified atom stereocenters. The minimum Gasteiger partial charge on any atom is -0.497 e. The number of benzene rings is 3. The van der Waals surface area contributed by atoms with E-state index >= 15 is 0 Å². The van der Waals surface area contributed by atoms with Gasteiger partial charge in [-0.05, 0) is 53.6 Å². The Hall–Kier alpha value is -3.37. The molecule has 0 amide bonds. The average molecular weight is 400 g/mol. The topological polar surface area (TPSA) is 35.5 Å². The summed E-state index contributed by atoms with van der Waals surface area (Å²) < 4.78 is 11.6. The van der Waals surface area contributed by atoms with Crippen molar-refractivity contribution in [2.24, 2.45) is 0 Å². The number of carbonyl (C=O) groups excluding carboxylic acids is 1. The Morgan fingerprint density at radius 2 is 1.55 bits per heavy atom. The summed E-state index contributed by atoms with van der Waals surface area (Å²) in [5.74, 6) is 1.08. The molecule has 1 heterocycles. The summed E-state index contributed by atoms with van der Waals surface area (Å²) in [7, 11) is 1.68. The predicted octanol–water partition coefficient (Wildman–Crippen LogP) is 6.67. The first-order valence-electron chi connectivity index (χ1n) is 9.26. The number of methoxy groups -OCH3 is 1. The van der Waals surface area contributed by atoms with Gasteiger partial charge in [-0.2, -0.15) is 0 Å². The SMILES string of the molecule is COc1ccc(-c2sc3ccccc3c2/C=C/c2ccc(OC(C)=O)cc2)cc1. The van der Waals surface area contributed by atoms with Crippen molar-refractivity contribution in [3.63, 3.8) is 0 Å². The Morgan fingerprint density at radius 1 is 0.862 bits per heavy atom. The lowest BCUT2D eigenvalue weighted by Crippen LogP contribution is -2.00. The van der Waals surface area contributed by atoms with Crippen molar-refractivity contribution in [2.75, 3.05) is 7.11 Å². The summed E-state index contributed by atoms with van der Waals surface area (Å²) in [6, 6.07) is 24.1. The molecule has 4 aromatic rings. The first-order chi connectivity index (χ1) is 14.1. The van der Waals surface area contributed by atoms with Crippen LogP contribution < -0.4 is 9.47 Å². The van der Waals surface area contributed by atoms with E-state index in [9.17, 15) is 4.79 Å². The third kappa shape index (κ3) is 4.23. The van der Waals surface area contributed by atoms with E-state index in [1.807, 2.05) is 24.3 Å². The second-order valence-electron chi connectivity index (χ2n) is 6.57. The number of rotatable bonds is 5. The number of esters is 1.